The zero-order valence-corrected chi connectivity index (χ0v) is 14.5. The first-order chi connectivity index (χ1) is 11.7. The lowest BCUT2D eigenvalue weighted by atomic mass is 10.2. The maximum atomic E-state index is 12.4. The molecule has 0 aliphatic carbocycles. The molecular weight excluding hydrogens is 376 g/mol. The van der Waals surface area contributed by atoms with Gasteiger partial charge in [-0.2, -0.15) is 0 Å². The zero-order valence-electron chi connectivity index (χ0n) is 12.9. The summed E-state index contributed by atoms with van der Waals surface area (Å²) in [4.78, 5) is 34.9. The molecule has 0 fully saturated rings. The Balaban J connectivity index is 2.42. The summed E-state index contributed by atoms with van der Waals surface area (Å²) >= 11 is 0.862. The standard InChI is InChI=1S/C12H12N4O7S2/c1-23-9(17)7-5-3-4-6-8(7)25(21,22)14-10(18)15-12(19)16(20)11(13-15)24-2/h3-6,20H,1-2H3,(H,14,18). The van der Waals surface area contributed by atoms with Crippen molar-refractivity contribution in [3.05, 3.63) is 40.3 Å². The third kappa shape index (κ3) is 3.51. The Labute approximate surface area is 145 Å². The normalized spacial score (nSPS) is 11.1. The molecular formula is C12H12N4O7S2. The van der Waals surface area contributed by atoms with Crippen LogP contribution in [0.5, 0.6) is 0 Å². The predicted molar refractivity (Wildman–Crippen MR) is 84.3 cm³/mol. The van der Waals surface area contributed by atoms with E-state index in [0.29, 0.717) is 0 Å². The third-order valence-electron chi connectivity index (χ3n) is 2.91. The monoisotopic (exact) mass is 388 g/mol. The number of thioether (sulfide) groups is 1. The highest BCUT2D eigenvalue weighted by molar-refractivity contribution is 7.98. The van der Waals surface area contributed by atoms with Gasteiger partial charge < -0.3 is 9.94 Å². The average molecular weight is 388 g/mol. The molecule has 0 aliphatic rings. The van der Waals surface area contributed by atoms with Crippen molar-refractivity contribution in [2.24, 2.45) is 0 Å². The Bertz CT molecular complexity index is 993. The fourth-order valence-electron chi connectivity index (χ4n) is 1.79. The molecule has 134 valence electrons. The Morgan fingerprint density at radius 1 is 1.32 bits per heavy atom. The van der Waals surface area contributed by atoms with E-state index in [2.05, 4.69) is 9.84 Å². The number of hydrogen-bond acceptors (Lipinski definition) is 9. The van der Waals surface area contributed by atoms with E-state index in [9.17, 15) is 28.0 Å². The van der Waals surface area contributed by atoms with Crippen LogP contribution < -0.4 is 10.4 Å². The van der Waals surface area contributed by atoms with Gasteiger partial charge >= 0.3 is 17.7 Å². The maximum absolute atomic E-state index is 12.4. The van der Waals surface area contributed by atoms with Gasteiger partial charge in [-0.15, -0.1) is 14.5 Å². The molecule has 0 bridgehead atoms. The average Bonchev–Trinajstić information content (AvgIpc) is 2.88. The molecule has 0 saturated carbocycles. The third-order valence-corrected chi connectivity index (χ3v) is 4.91. The summed E-state index contributed by atoms with van der Waals surface area (Å²) < 4.78 is 31.1. The Kier molecular flexibility index (Phi) is 5.18. The molecule has 1 aromatic heterocycles. The number of ether oxygens (including phenoxy) is 1. The first-order valence-corrected chi connectivity index (χ1v) is 9.13. The van der Waals surface area contributed by atoms with Crippen LogP contribution in [-0.4, -0.2) is 53.5 Å². The van der Waals surface area contributed by atoms with Crippen molar-refractivity contribution in [2.45, 2.75) is 10.1 Å². The molecule has 1 amide bonds. The highest BCUT2D eigenvalue weighted by Crippen LogP contribution is 2.16. The van der Waals surface area contributed by atoms with E-state index < -0.39 is 32.6 Å². The van der Waals surface area contributed by atoms with Crippen molar-refractivity contribution in [1.29, 1.82) is 0 Å². The van der Waals surface area contributed by atoms with E-state index in [4.69, 9.17) is 0 Å². The minimum absolute atomic E-state index is 0.0965. The minimum atomic E-state index is -4.52. The van der Waals surface area contributed by atoms with E-state index in [1.54, 1.807) is 4.72 Å². The minimum Gasteiger partial charge on any atom is -0.465 e. The number of sulfonamides is 1. The first-order valence-electron chi connectivity index (χ1n) is 6.42. The number of aromatic nitrogens is 3. The van der Waals surface area contributed by atoms with Gasteiger partial charge in [0.2, 0.25) is 5.16 Å². The second-order valence-electron chi connectivity index (χ2n) is 4.39. The lowest BCUT2D eigenvalue weighted by molar-refractivity contribution is 0.0596. The van der Waals surface area contributed by atoms with E-state index in [1.807, 2.05) is 0 Å². The fraction of sp³-hybridized carbons (Fsp3) is 0.167. The number of esters is 1. The lowest BCUT2D eigenvalue weighted by Gasteiger charge is -2.09. The molecule has 0 atom stereocenters. The molecule has 0 unspecified atom stereocenters. The highest BCUT2D eigenvalue weighted by atomic mass is 32.2. The number of nitrogens with zero attached hydrogens (tertiary/aromatic N) is 3. The number of carbonyl (C=O) groups excluding carboxylic acids is 2. The van der Waals surface area contributed by atoms with Crippen molar-refractivity contribution in [1.82, 2.24) is 19.2 Å². The van der Waals surface area contributed by atoms with Crippen LogP contribution in [0.2, 0.25) is 0 Å². The smallest absolute Gasteiger partial charge is 0.388 e. The van der Waals surface area contributed by atoms with E-state index >= 15 is 0 Å². The van der Waals surface area contributed by atoms with E-state index in [-0.39, 0.29) is 20.1 Å². The molecule has 2 rings (SSSR count). The Hall–Kier alpha value is -2.80. The van der Waals surface area contributed by atoms with Crippen LogP contribution in [0.15, 0.2) is 39.1 Å². The van der Waals surface area contributed by atoms with E-state index in [1.165, 1.54) is 24.5 Å². The van der Waals surface area contributed by atoms with Crippen molar-refractivity contribution >= 4 is 33.8 Å². The second-order valence-corrected chi connectivity index (χ2v) is 6.82. The van der Waals surface area contributed by atoms with Crippen LogP contribution in [0.3, 0.4) is 0 Å². The summed E-state index contributed by atoms with van der Waals surface area (Å²) in [5.74, 6) is -0.921. The van der Waals surface area contributed by atoms with Gasteiger partial charge in [0.05, 0.1) is 12.7 Å². The van der Waals surface area contributed by atoms with Crippen LogP contribution in [0.25, 0.3) is 0 Å². The van der Waals surface area contributed by atoms with Crippen LogP contribution in [0.4, 0.5) is 4.79 Å². The van der Waals surface area contributed by atoms with E-state index in [0.717, 1.165) is 24.9 Å². The lowest BCUT2D eigenvalue weighted by Crippen LogP contribution is -2.40. The van der Waals surface area contributed by atoms with Gasteiger partial charge in [0.1, 0.15) is 4.90 Å². The van der Waals surface area contributed by atoms with Crippen LogP contribution >= 0.6 is 11.8 Å². The van der Waals surface area contributed by atoms with Gasteiger partial charge in [-0.3, -0.25) is 0 Å². The Morgan fingerprint density at radius 3 is 2.52 bits per heavy atom. The summed E-state index contributed by atoms with van der Waals surface area (Å²) in [6.45, 7) is 0. The number of amides is 1. The quantitative estimate of drug-likeness (QED) is 0.410. The molecule has 0 aliphatic heterocycles. The predicted octanol–water partition coefficient (Wildman–Crippen LogP) is -0.263. The van der Waals surface area contributed by atoms with Gasteiger partial charge in [0.25, 0.3) is 10.0 Å². The highest BCUT2D eigenvalue weighted by Gasteiger charge is 2.27. The van der Waals surface area contributed by atoms with Crippen molar-refractivity contribution in [3.8, 4) is 0 Å². The van der Waals surface area contributed by atoms with Crippen molar-refractivity contribution < 1.29 is 28.0 Å². The Morgan fingerprint density at radius 2 is 1.96 bits per heavy atom. The number of hydrogen-bond donors (Lipinski definition) is 2. The maximum Gasteiger partial charge on any atom is 0.388 e. The van der Waals surface area contributed by atoms with Crippen molar-refractivity contribution in [2.75, 3.05) is 13.4 Å². The number of benzene rings is 1. The summed E-state index contributed by atoms with van der Waals surface area (Å²) in [7, 11) is -3.45. The molecule has 13 heteroatoms. The van der Waals surface area contributed by atoms with Gasteiger partial charge in [-0.25, -0.2) is 27.5 Å². The molecule has 1 heterocycles. The number of methoxy groups -OCH3 is 1. The zero-order chi connectivity index (χ0) is 18.8. The summed E-state index contributed by atoms with van der Waals surface area (Å²) in [6, 6.07) is 3.61. The number of rotatable bonds is 4. The first kappa shape index (κ1) is 18.5. The van der Waals surface area contributed by atoms with Crippen molar-refractivity contribution in [3.63, 3.8) is 0 Å². The summed E-state index contributed by atoms with van der Waals surface area (Å²) in [6.07, 6.45) is 1.49. The molecule has 0 radical (unpaired) electrons. The molecule has 0 spiro atoms. The van der Waals surface area contributed by atoms with Crippen LogP contribution in [-0.2, 0) is 14.8 Å². The van der Waals surface area contributed by atoms with Gasteiger partial charge in [-0.1, -0.05) is 23.9 Å². The SMILES string of the molecule is COC(=O)c1ccccc1S(=O)(=O)NC(=O)n1nc(SC)n(O)c1=O. The molecule has 25 heavy (non-hydrogen) atoms. The van der Waals surface area contributed by atoms with Gasteiger partial charge in [-0.05, 0) is 18.4 Å². The summed E-state index contributed by atoms with van der Waals surface area (Å²) in [5, 5.41) is 12.7. The van der Waals surface area contributed by atoms with Crippen LogP contribution in [0.1, 0.15) is 10.4 Å². The molecule has 2 aromatic rings. The largest absolute Gasteiger partial charge is 0.465 e. The summed E-state index contributed by atoms with van der Waals surface area (Å²) in [5.41, 5.74) is -1.55. The molecule has 11 nitrogen and oxygen atoms in total. The molecule has 1 aromatic carbocycles. The number of carbonyl (C=O) groups is 2. The molecule has 2 N–H and O–H groups in total. The van der Waals surface area contributed by atoms with Gasteiger partial charge in [0, 0.05) is 0 Å². The number of nitrogens with one attached hydrogen (secondary N) is 1. The topological polar surface area (TPSA) is 150 Å². The molecule has 0 saturated heterocycles. The van der Waals surface area contributed by atoms with Crippen LogP contribution in [0, 0.1) is 0 Å². The van der Waals surface area contributed by atoms with Gasteiger partial charge in [0.15, 0.2) is 0 Å². The second kappa shape index (κ2) is 6.98. The fourth-order valence-corrected chi connectivity index (χ4v) is 3.33.